The van der Waals surface area contributed by atoms with Crippen LogP contribution in [0.1, 0.15) is 24.1 Å². The van der Waals surface area contributed by atoms with Crippen LogP contribution >= 0.6 is 11.6 Å². The van der Waals surface area contributed by atoms with Crippen molar-refractivity contribution in [3.8, 4) is 0 Å². The van der Waals surface area contributed by atoms with E-state index in [1.54, 1.807) is 10.7 Å². The molecule has 0 amide bonds. The number of fused-ring (bicyclic) bond motifs is 1. The minimum Gasteiger partial charge on any atom is -0.372 e. The molecule has 0 bridgehead atoms. The molecular weight excluding hydrogens is 404 g/mol. The number of hydrogen-bond donors (Lipinski definition) is 5. The highest BCUT2D eigenvalue weighted by molar-refractivity contribution is 6.36. The number of anilines is 4. The van der Waals surface area contributed by atoms with E-state index < -0.39 is 0 Å². The highest BCUT2D eigenvalue weighted by atomic mass is 35.5. The number of halogens is 1. The molecule has 0 atom stereocenters. The lowest BCUT2D eigenvalue weighted by molar-refractivity contribution is 0.831. The molecule has 10 nitrogen and oxygen atoms in total. The zero-order valence-corrected chi connectivity index (χ0v) is 17.7. The van der Waals surface area contributed by atoms with Crippen LogP contribution in [0.25, 0.3) is 5.65 Å². The third-order valence-electron chi connectivity index (χ3n) is 5.03. The third-order valence-corrected chi connectivity index (χ3v) is 5.43. The van der Waals surface area contributed by atoms with Gasteiger partial charge in [0.15, 0.2) is 11.5 Å². The summed E-state index contributed by atoms with van der Waals surface area (Å²) in [7, 11) is 1.94. The van der Waals surface area contributed by atoms with Gasteiger partial charge in [-0.15, -0.1) is 5.10 Å². The predicted molar refractivity (Wildman–Crippen MR) is 120 cm³/mol. The van der Waals surface area contributed by atoms with Gasteiger partial charge in [-0.3, -0.25) is 0 Å². The molecule has 1 aliphatic carbocycles. The fraction of sp³-hybridized carbons (Fsp3) is 0.421. The molecule has 2 heterocycles. The molecule has 8 N–H and O–H groups in total. The number of hydrogen-bond acceptors (Lipinski definition) is 9. The molecule has 30 heavy (non-hydrogen) atoms. The molecule has 1 saturated carbocycles. The van der Waals surface area contributed by atoms with E-state index in [4.69, 9.17) is 28.8 Å². The standard InChI is InChI=1S/C19H27ClN10/c1-29(5-4-21)15-7-11(8-22)6-14(16(15)20)26-19-27-17(25-12-2-3-12)18-24-10-13(9-23)30(18)28-19/h6-7,10,12H,2-5,8-9,21-23H2,1H3,(H2,25,26,27,28). The van der Waals surface area contributed by atoms with Crippen LogP contribution < -0.4 is 32.7 Å². The van der Waals surface area contributed by atoms with Gasteiger partial charge in [0.1, 0.15) is 0 Å². The Morgan fingerprint density at radius 1 is 1.23 bits per heavy atom. The van der Waals surface area contributed by atoms with Crippen molar-refractivity contribution in [2.45, 2.75) is 32.0 Å². The highest BCUT2D eigenvalue weighted by Gasteiger charge is 2.24. The molecule has 1 aliphatic rings. The summed E-state index contributed by atoms with van der Waals surface area (Å²) in [6, 6.07) is 4.28. The Morgan fingerprint density at radius 3 is 2.70 bits per heavy atom. The normalized spacial score (nSPS) is 13.6. The summed E-state index contributed by atoms with van der Waals surface area (Å²) < 4.78 is 1.71. The second kappa shape index (κ2) is 8.60. The van der Waals surface area contributed by atoms with Crippen LogP contribution in [0, 0.1) is 0 Å². The third kappa shape index (κ3) is 4.12. The molecule has 0 spiro atoms. The maximum Gasteiger partial charge on any atom is 0.247 e. The zero-order chi connectivity index (χ0) is 21.3. The SMILES string of the molecule is CN(CCN)c1cc(CN)cc(Nc2nc(NC3CC3)c3ncc(CN)n3n2)c1Cl. The summed E-state index contributed by atoms with van der Waals surface area (Å²) >= 11 is 6.71. The summed E-state index contributed by atoms with van der Waals surface area (Å²) in [5.41, 5.74) is 21.4. The second-order valence-electron chi connectivity index (χ2n) is 7.41. The quantitative estimate of drug-likeness (QED) is 0.339. The van der Waals surface area contributed by atoms with E-state index in [1.165, 1.54) is 0 Å². The number of nitrogens with two attached hydrogens (primary N) is 3. The Kier molecular flexibility index (Phi) is 5.91. The van der Waals surface area contributed by atoms with E-state index in [0.717, 1.165) is 29.8 Å². The fourth-order valence-electron chi connectivity index (χ4n) is 3.23. The van der Waals surface area contributed by atoms with Crippen molar-refractivity contribution in [3.05, 3.63) is 34.6 Å². The molecule has 2 aromatic heterocycles. The second-order valence-corrected chi connectivity index (χ2v) is 7.79. The lowest BCUT2D eigenvalue weighted by atomic mass is 10.1. The molecule has 0 saturated heterocycles. The number of nitrogens with zero attached hydrogens (tertiary/aromatic N) is 5. The predicted octanol–water partition coefficient (Wildman–Crippen LogP) is 1.41. The van der Waals surface area contributed by atoms with Crippen molar-refractivity contribution in [1.82, 2.24) is 19.6 Å². The Balaban J connectivity index is 1.75. The van der Waals surface area contributed by atoms with Gasteiger partial charge in [-0.25, -0.2) is 9.50 Å². The number of benzene rings is 1. The molecule has 0 aliphatic heterocycles. The lowest BCUT2D eigenvalue weighted by Crippen LogP contribution is -2.25. The van der Waals surface area contributed by atoms with Crippen LogP contribution in [0.5, 0.6) is 0 Å². The first kappa shape index (κ1) is 20.6. The highest BCUT2D eigenvalue weighted by Crippen LogP contribution is 2.35. The number of rotatable bonds is 9. The van der Waals surface area contributed by atoms with Gasteiger partial charge in [0.25, 0.3) is 0 Å². The number of likely N-dealkylation sites (N-methyl/N-ethyl adjacent to an activating group) is 1. The van der Waals surface area contributed by atoms with Gasteiger partial charge in [0.05, 0.1) is 28.3 Å². The number of nitrogens with one attached hydrogen (secondary N) is 2. The first-order chi connectivity index (χ1) is 14.5. The topological polar surface area (TPSA) is 148 Å². The van der Waals surface area contributed by atoms with Crippen LogP contribution in [0.4, 0.5) is 23.1 Å². The van der Waals surface area contributed by atoms with Crippen molar-refractivity contribution in [2.24, 2.45) is 17.2 Å². The molecule has 1 aromatic carbocycles. The fourth-order valence-corrected chi connectivity index (χ4v) is 3.53. The molecule has 160 valence electrons. The van der Waals surface area contributed by atoms with Crippen molar-refractivity contribution >= 4 is 40.4 Å². The van der Waals surface area contributed by atoms with Gasteiger partial charge >= 0.3 is 0 Å². The lowest BCUT2D eigenvalue weighted by Gasteiger charge is -2.22. The molecule has 0 unspecified atom stereocenters. The monoisotopic (exact) mass is 430 g/mol. The number of imidazole rings is 1. The van der Waals surface area contributed by atoms with Crippen molar-refractivity contribution in [3.63, 3.8) is 0 Å². The van der Waals surface area contributed by atoms with Gasteiger partial charge in [0, 0.05) is 39.3 Å². The summed E-state index contributed by atoms with van der Waals surface area (Å²) in [5, 5.41) is 11.8. The van der Waals surface area contributed by atoms with Gasteiger partial charge in [-0.05, 0) is 30.5 Å². The smallest absolute Gasteiger partial charge is 0.247 e. The minimum atomic E-state index is 0.317. The maximum atomic E-state index is 6.71. The van der Waals surface area contributed by atoms with E-state index in [1.807, 2.05) is 24.1 Å². The Morgan fingerprint density at radius 2 is 2.03 bits per heavy atom. The molecule has 3 aromatic rings. The van der Waals surface area contributed by atoms with Gasteiger partial charge in [-0.1, -0.05) is 11.6 Å². The molecule has 11 heteroatoms. The van der Waals surface area contributed by atoms with E-state index in [2.05, 4.69) is 25.7 Å². The van der Waals surface area contributed by atoms with Gasteiger partial charge in [0.2, 0.25) is 5.95 Å². The summed E-state index contributed by atoms with van der Waals surface area (Å²) in [4.78, 5) is 11.1. The maximum absolute atomic E-state index is 6.71. The summed E-state index contributed by atoms with van der Waals surface area (Å²) in [6.07, 6.45) is 3.95. The minimum absolute atomic E-state index is 0.317. The molecule has 4 rings (SSSR count). The largest absolute Gasteiger partial charge is 0.372 e. The van der Waals surface area contributed by atoms with Crippen LogP contribution in [0.3, 0.4) is 0 Å². The van der Waals surface area contributed by atoms with Crippen LogP contribution in [-0.2, 0) is 13.1 Å². The molecule has 1 fully saturated rings. The first-order valence-corrected chi connectivity index (χ1v) is 10.3. The summed E-state index contributed by atoms with van der Waals surface area (Å²) in [5.74, 6) is 1.06. The van der Waals surface area contributed by atoms with Gasteiger partial charge < -0.3 is 32.7 Å². The van der Waals surface area contributed by atoms with Crippen LogP contribution in [-0.4, -0.2) is 45.8 Å². The van der Waals surface area contributed by atoms with Crippen molar-refractivity contribution in [2.75, 3.05) is 35.7 Å². The Hall–Kier alpha value is -2.66. The van der Waals surface area contributed by atoms with Crippen molar-refractivity contribution < 1.29 is 0 Å². The van der Waals surface area contributed by atoms with E-state index >= 15 is 0 Å². The van der Waals surface area contributed by atoms with Crippen molar-refractivity contribution in [1.29, 1.82) is 0 Å². The van der Waals surface area contributed by atoms with Crippen LogP contribution in [0.15, 0.2) is 18.3 Å². The molecule has 0 radical (unpaired) electrons. The molecular formula is C19H27ClN10. The zero-order valence-electron chi connectivity index (χ0n) is 16.9. The average molecular weight is 431 g/mol. The van der Waals surface area contributed by atoms with E-state index in [9.17, 15) is 0 Å². The van der Waals surface area contributed by atoms with Crippen LogP contribution in [0.2, 0.25) is 5.02 Å². The number of aromatic nitrogens is 4. The van der Waals surface area contributed by atoms with E-state index in [0.29, 0.717) is 60.3 Å². The summed E-state index contributed by atoms with van der Waals surface area (Å²) in [6.45, 7) is 1.88. The van der Waals surface area contributed by atoms with Gasteiger partial charge in [-0.2, -0.15) is 4.98 Å². The Labute approximate surface area is 179 Å². The first-order valence-electron chi connectivity index (χ1n) is 9.96. The Bertz CT molecular complexity index is 1050. The van der Waals surface area contributed by atoms with E-state index in [-0.39, 0.29) is 0 Å². The average Bonchev–Trinajstić information content (AvgIpc) is 3.45.